The number of carbonyl (C=O) groups is 1. The average Bonchev–Trinajstić information content (AvgIpc) is 3.24. The minimum atomic E-state index is -0.350. The van der Waals surface area contributed by atoms with E-state index < -0.39 is 0 Å². The fraction of sp³-hybridized carbons (Fsp3) is 0.739. The number of nitrogens with one attached hydrogen (secondary N) is 1. The minimum absolute atomic E-state index is 0.0706. The molecule has 4 rings (SSSR count). The first kappa shape index (κ1) is 20.8. The number of pyridine rings is 1. The number of nitrogens with zero attached hydrogens (tertiary/aromatic N) is 3. The van der Waals surface area contributed by atoms with Crippen molar-refractivity contribution < 1.29 is 9.90 Å². The highest BCUT2D eigenvalue weighted by Gasteiger charge is 2.38. The number of aliphatic hydroxyl groups excluding tert-OH is 1. The lowest BCUT2D eigenvalue weighted by molar-refractivity contribution is -0.129. The van der Waals surface area contributed by atoms with Gasteiger partial charge in [-0.25, -0.2) is 0 Å². The van der Waals surface area contributed by atoms with E-state index in [0.29, 0.717) is 6.04 Å². The number of carbonyl (C=O) groups excluding carboxylic acids is 1. The molecule has 0 bridgehead atoms. The van der Waals surface area contributed by atoms with Crippen molar-refractivity contribution in [2.45, 2.75) is 69.5 Å². The van der Waals surface area contributed by atoms with Gasteiger partial charge >= 0.3 is 0 Å². The van der Waals surface area contributed by atoms with Crippen molar-refractivity contribution in [1.82, 2.24) is 20.1 Å². The van der Waals surface area contributed by atoms with Gasteiger partial charge in [-0.05, 0) is 69.8 Å². The molecule has 2 N–H and O–H groups in total. The van der Waals surface area contributed by atoms with Crippen molar-refractivity contribution in [2.24, 2.45) is 5.92 Å². The van der Waals surface area contributed by atoms with E-state index in [2.05, 4.69) is 26.2 Å². The number of likely N-dealkylation sites (tertiary alicyclic amines) is 2. The standard InChI is InChI=1S/C23H36N4O2/c28-18-23(9-1-2-10-23)25-22(29)20-6-4-12-27(17-20)21-7-13-26(14-8-21)16-19-5-3-11-24-15-19/h3,5,11,15,20-21,28H,1-2,4,6-10,12-14,16-18H2,(H,25,29)/t20-/m0/s1. The van der Waals surface area contributed by atoms with Crippen molar-refractivity contribution in [3.05, 3.63) is 30.1 Å². The highest BCUT2D eigenvalue weighted by molar-refractivity contribution is 5.79. The Labute approximate surface area is 174 Å². The molecule has 3 fully saturated rings. The number of aromatic nitrogens is 1. The van der Waals surface area contributed by atoms with Gasteiger partial charge in [0.2, 0.25) is 5.91 Å². The van der Waals surface area contributed by atoms with Crippen LogP contribution in [-0.4, -0.2) is 70.2 Å². The van der Waals surface area contributed by atoms with Gasteiger partial charge in [0, 0.05) is 31.5 Å². The fourth-order valence-electron chi connectivity index (χ4n) is 5.48. The third-order valence-corrected chi connectivity index (χ3v) is 7.28. The smallest absolute Gasteiger partial charge is 0.224 e. The molecule has 0 aromatic carbocycles. The quantitative estimate of drug-likeness (QED) is 0.766. The molecule has 1 saturated carbocycles. The van der Waals surface area contributed by atoms with Crippen LogP contribution in [0.2, 0.25) is 0 Å². The maximum atomic E-state index is 12.9. The van der Waals surface area contributed by atoms with Crippen LogP contribution in [0.5, 0.6) is 0 Å². The summed E-state index contributed by atoms with van der Waals surface area (Å²) in [6, 6.07) is 4.75. The van der Waals surface area contributed by atoms with E-state index in [9.17, 15) is 9.90 Å². The van der Waals surface area contributed by atoms with E-state index in [4.69, 9.17) is 0 Å². The first-order chi connectivity index (χ1) is 14.2. The number of rotatable bonds is 6. The van der Waals surface area contributed by atoms with E-state index in [0.717, 1.165) is 71.2 Å². The van der Waals surface area contributed by atoms with E-state index in [1.54, 1.807) is 0 Å². The third kappa shape index (κ3) is 5.16. The Kier molecular flexibility index (Phi) is 6.83. The van der Waals surface area contributed by atoms with Crippen LogP contribution in [0.3, 0.4) is 0 Å². The zero-order chi connectivity index (χ0) is 20.1. The van der Waals surface area contributed by atoms with Crippen molar-refractivity contribution in [3.8, 4) is 0 Å². The molecule has 2 saturated heterocycles. The number of hydrogen-bond donors (Lipinski definition) is 2. The molecule has 6 heteroatoms. The van der Waals surface area contributed by atoms with Crippen LogP contribution in [0, 0.1) is 5.92 Å². The summed E-state index contributed by atoms with van der Waals surface area (Å²) in [5.41, 5.74) is 0.933. The second kappa shape index (κ2) is 9.54. The largest absolute Gasteiger partial charge is 0.394 e. The number of amides is 1. The van der Waals surface area contributed by atoms with Crippen LogP contribution in [0.25, 0.3) is 0 Å². The molecule has 0 unspecified atom stereocenters. The fourth-order valence-corrected chi connectivity index (χ4v) is 5.48. The van der Waals surface area contributed by atoms with Gasteiger partial charge in [0.1, 0.15) is 0 Å². The van der Waals surface area contributed by atoms with Gasteiger partial charge < -0.3 is 10.4 Å². The Morgan fingerprint density at radius 1 is 1.17 bits per heavy atom. The average molecular weight is 401 g/mol. The molecule has 29 heavy (non-hydrogen) atoms. The van der Waals surface area contributed by atoms with E-state index in [1.807, 2.05) is 18.5 Å². The summed E-state index contributed by atoms with van der Waals surface area (Å²) in [7, 11) is 0. The van der Waals surface area contributed by atoms with Crippen LogP contribution in [0.1, 0.15) is 56.9 Å². The molecule has 160 valence electrons. The summed E-state index contributed by atoms with van der Waals surface area (Å²) in [4.78, 5) is 22.2. The molecule has 3 aliphatic rings. The predicted molar refractivity (Wildman–Crippen MR) is 113 cm³/mol. The molecule has 1 amide bonds. The van der Waals surface area contributed by atoms with E-state index in [-0.39, 0.29) is 24.0 Å². The first-order valence-corrected chi connectivity index (χ1v) is 11.5. The normalized spacial score (nSPS) is 26.4. The summed E-state index contributed by atoms with van der Waals surface area (Å²) >= 11 is 0. The van der Waals surface area contributed by atoms with Crippen LogP contribution >= 0.6 is 0 Å². The third-order valence-electron chi connectivity index (χ3n) is 7.28. The van der Waals surface area contributed by atoms with Gasteiger partial charge in [-0.15, -0.1) is 0 Å². The zero-order valence-corrected chi connectivity index (χ0v) is 17.6. The van der Waals surface area contributed by atoms with Crippen molar-refractivity contribution in [2.75, 3.05) is 32.8 Å². The molecule has 1 aliphatic carbocycles. The lowest BCUT2D eigenvalue weighted by Gasteiger charge is -2.42. The van der Waals surface area contributed by atoms with Crippen LogP contribution in [0.15, 0.2) is 24.5 Å². The van der Waals surface area contributed by atoms with Crippen LogP contribution in [-0.2, 0) is 11.3 Å². The van der Waals surface area contributed by atoms with Gasteiger partial charge in [0.15, 0.2) is 0 Å². The van der Waals surface area contributed by atoms with E-state index in [1.165, 1.54) is 18.4 Å². The molecule has 2 aliphatic heterocycles. The molecule has 1 aromatic rings. The highest BCUT2D eigenvalue weighted by atomic mass is 16.3. The molecule has 0 spiro atoms. The first-order valence-electron chi connectivity index (χ1n) is 11.5. The van der Waals surface area contributed by atoms with Gasteiger partial charge in [0.05, 0.1) is 18.1 Å². The van der Waals surface area contributed by atoms with Gasteiger partial charge in [0.25, 0.3) is 0 Å². The molecule has 3 heterocycles. The summed E-state index contributed by atoms with van der Waals surface area (Å²) < 4.78 is 0. The van der Waals surface area contributed by atoms with Crippen LogP contribution < -0.4 is 5.32 Å². The zero-order valence-electron chi connectivity index (χ0n) is 17.6. The maximum absolute atomic E-state index is 12.9. The highest BCUT2D eigenvalue weighted by Crippen LogP contribution is 2.31. The Bertz CT molecular complexity index is 654. The summed E-state index contributed by atoms with van der Waals surface area (Å²) in [5, 5.41) is 13.1. The van der Waals surface area contributed by atoms with Gasteiger partial charge in [-0.2, -0.15) is 0 Å². The summed E-state index contributed by atoms with van der Waals surface area (Å²) in [5.74, 6) is 0.237. The lowest BCUT2D eigenvalue weighted by Crippen LogP contribution is -2.55. The maximum Gasteiger partial charge on any atom is 0.224 e. The second-order valence-electron chi connectivity index (χ2n) is 9.34. The van der Waals surface area contributed by atoms with E-state index >= 15 is 0 Å². The number of aliphatic hydroxyl groups is 1. The number of hydrogen-bond acceptors (Lipinski definition) is 5. The second-order valence-corrected chi connectivity index (χ2v) is 9.34. The Hall–Kier alpha value is -1.50. The molecule has 6 nitrogen and oxygen atoms in total. The monoisotopic (exact) mass is 400 g/mol. The molecular weight excluding hydrogens is 364 g/mol. The molecule has 0 radical (unpaired) electrons. The van der Waals surface area contributed by atoms with Gasteiger partial charge in [-0.3, -0.25) is 19.6 Å². The summed E-state index contributed by atoms with van der Waals surface area (Å²) in [6.45, 7) is 5.27. The Balaban J connectivity index is 1.26. The van der Waals surface area contributed by atoms with Crippen LogP contribution in [0.4, 0.5) is 0 Å². The number of piperidine rings is 2. The van der Waals surface area contributed by atoms with Gasteiger partial charge in [-0.1, -0.05) is 18.9 Å². The van der Waals surface area contributed by atoms with Crippen molar-refractivity contribution in [3.63, 3.8) is 0 Å². The topological polar surface area (TPSA) is 68.7 Å². The summed E-state index contributed by atoms with van der Waals surface area (Å²) in [6.07, 6.45) is 12.3. The Morgan fingerprint density at radius 2 is 1.97 bits per heavy atom. The SMILES string of the molecule is O=C(NC1(CO)CCCC1)[C@H]1CCCN(C2CCN(Cc3cccnc3)CC2)C1. The Morgan fingerprint density at radius 3 is 2.66 bits per heavy atom. The molecular formula is C23H36N4O2. The minimum Gasteiger partial charge on any atom is -0.394 e. The predicted octanol–water partition coefficient (Wildman–Crippen LogP) is 2.18. The molecule has 1 aromatic heterocycles. The lowest BCUT2D eigenvalue weighted by atomic mass is 9.91. The van der Waals surface area contributed by atoms with Crippen molar-refractivity contribution in [1.29, 1.82) is 0 Å². The van der Waals surface area contributed by atoms with Crippen molar-refractivity contribution >= 4 is 5.91 Å². The molecule has 1 atom stereocenters.